The van der Waals surface area contributed by atoms with Gasteiger partial charge in [-0.05, 0) is 56.3 Å². The number of hydrogen-bond acceptors (Lipinski definition) is 4. The van der Waals surface area contributed by atoms with Gasteiger partial charge in [-0.1, -0.05) is 12.1 Å². The summed E-state index contributed by atoms with van der Waals surface area (Å²) < 4.78 is 22.6. The molecule has 2 fully saturated rings. The second kappa shape index (κ2) is 6.28. The summed E-state index contributed by atoms with van der Waals surface area (Å²) in [5, 5.41) is 8.78. The molecule has 0 radical (unpaired) electrons. The topological polar surface area (TPSA) is 75.4 Å². The minimum absolute atomic E-state index is 0.167. The Labute approximate surface area is 132 Å². The molecule has 2 atom stereocenters. The lowest BCUT2D eigenvalue weighted by Crippen LogP contribution is -2.34. The summed E-state index contributed by atoms with van der Waals surface area (Å²) in [5.41, 5.74) is 1.09. The smallest absolute Gasteiger partial charge is 0.238 e. The van der Waals surface area contributed by atoms with Gasteiger partial charge in [-0.25, -0.2) is 13.6 Å². The third-order valence-corrected chi connectivity index (χ3v) is 5.61. The van der Waals surface area contributed by atoms with Gasteiger partial charge < -0.3 is 10.2 Å². The van der Waals surface area contributed by atoms with Crippen molar-refractivity contribution in [3.8, 4) is 0 Å². The van der Waals surface area contributed by atoms with Crippen molar-refractivity contribution < 1.29 is 8.42 Å². The van der Waals surface area contributed by atoms with E-state index >= 15 is 0 Å². The molecule has 1 saturated heterocycles. The van der Waals surface area contributed by atoms with E-state index in [9.17, 15) is 8.42 Å². The summed E-state index contributed by atoms with van der Waals surface area (Å²) in [6.45, 7) is 5.69. The van der Waals surface area contributed by atoms with Crippen molar-refractivity contribution in [1.82, 2.24) is 10.2 Å². The lowest BCUT2D eigenvalue weighted by Gasteiger charge is -2.21. The number of likely N-dealkylation sites (tertiary alicyclic amines) is 1. The van der Waals surface area contributed by atoms with E-state index in [1.165, 1.54) is 32.4 Å². The van der Waals surface area contributed by atoms with Crippen LogP contribution in [0.25, 0.3) is 0 Å². The number of benzene rings is 1. The lowest BCUT2D eigenvalue weighted by molar-refractivity contribution is 0.310. The van der Waals surface area contributed by atoms with Gasteiger partial charge in [-0.2, -0.15) is 0 Å². The Kier molecular flexibility index (Phi) is 4.54. The molecule has 1 heterocycles. The number of primary sulfonamides is 1. The molecule has 0 bridgehead atoms. The summed E-state index contributed by atoms with van der Waals surface area (Å²) in [6.07, 6.45) is 4.00. The normalized spacial score (nSPS) is 24.5. The summed E-state index contributed by atoms with van der Waals surface area (Å²) in [5.74, 6) is 0.946. The van der Waals surface area contributed by atoms with Gasteiger partial charge in [-0.3, -0.25) is 0 Å². The van der Waals surface area contributed by atoms with E-state index in [4.69, 9.17) is 5.14 Å². The van der Waals surface area contributed by atoms with E-state index in [-0.39, 0.29) is 10.9 Å². The number of rotatable bonds is 6. The summed E-state index contributed by atoms with van der Waals surface area (Å²) in [4.78, 5) is 2.73. The van der Waals surface area contributed by atoms with E-state index in [2.05, 4.69) is 17.1 Å². The van der Waals surface area contributed by atoms with Crippen LogP contribution in [-0.2, 0) is 10.0 Å². The molecule has 1 saturated carbocycles. The van der Waals surface area contributed by atoms with E-state index in [0.29, 0.717) is 6.04 Å². The van der Waals surface area contributed by atoms with Gasteiger partial charge in [-0.15, -0.1) is 0 Å². The number of nitrogens with zero attached hydrogens (tertiary/aromatic N) is 1. The van der Waals surface area contributed by atoms with Crippen LogP contribution in [0, 0.1) is 5.92 Å². The average Bonchev–Trinajstić information content (AvgIpc) is 3.17. The van der Waals surface area contributed by atoms with Gasteiger partial charge in [0.05, 0.1) is 4.90 Å². The molecule has 1 aromatic rings. The Morgan fingerprint density at radius 2 is 1.95 bits per heavy atom. The van der Waals surface area contributed by atoms with Crippen LogP contribution in [0.15, 0.2) is 29.2 Å². The molecule has 0 spiro atoms. The van der Waals surface area contributed by atoms with E-state index in [1.807, 2.05) is 12.1 Å². The first kappa shape index (κ1) is 15.9. The zero-order chi connectivity index (χ0) is 15.7. The van der Waals surface area contributed by atoms with Crippen molar-refractivity contribution in [3.63, 3.8) is 0 Å². The molecule has 1 aliphatic carbocycles. The highest BCUT2D eigenvalue weighted by atomic mass is 32.2. The molecule has 0 amide bonds. The van der Waals surface area contributed by atoms with Crippen molar-refractivity contribution in [2.45, 2.75) is 43.2 Å². The predicted octanol–water partition coefficient (Wildman–Crippen LogP) is 1.47. The molecule has 2 aliphatic rings. The molecule has 5 nitrogen and oxygen atoms in total. The molecule has 22 heavy (non-hydrogen) atoms. The van der Waals surface area contributed by atoms with E-state index in [0.717, 1.165) is 18.0 Å². The molecule has 0 unspecified atom stereocenters. The van der Waals surface area contributed by atoms with Gasteiger partial charge in [0.25, 0.3) is 0 Å². The molecule has 1 aliphatic heterocycles. The molecular formula is C16H25N3O2S. The van der Waals surface area contributed by atoms with Crippen LogP contribution < -0.4 is 10.5 Å². The van der Waals surface area contributed by atoms with Crippen LogP contribution >= 0.6 is 0 Å². The summed E-state index contributed by atoms with van der Waals surface area (Å²) in [7, 11) is -3.61. The van der Waals surface area contributed by atoms with Crippen molar-refractivity contribution >= 4 is 10.0 Å². The Hall–Kier alpha value is -0.950. The fourth-order valence-corrected chi connectivity index (χ4v) is 3.71. The van der Waals surface area contributed by atoms with Crippen LogP contribution in [0.1, 0.15) is 37.8 Å². The highest BCUT2D eigenvalue weighted by Crippen LogP contribution is 2.31. The van der Waals surface area contributed by atoms with E-state index < -0.39 is 10.0 Å². The quantitative estimate of drug-likeness (QED) is 0.831. The fourth-order valence-electron chi connectivity index (χ4n) is 3.20. The highest BCUT2D eigenvalue weighted by molar-refractivity contribution is 7.89. The summed E-state index contributed by atoms with van der Waals surface area (Å²) in [6, 6.07) is 7.57. The molecule has 0 aromatic heterocycles. The average molecular weight is 323 g/mol. The zero-order valence-electron chi connectivity index (χ0n) is 13.0. The standard InChI is InChI=1S/C16H25N3O2S/c1-12(14-4-6-16(7-5-14)22(17,20)21)18-15-8-9-19(11-15)10-13-2-3-13/h4-7,12-13,15,18H,2-3,8-11H2,1H3,(H2,17,20,21)/t12-,15-/m1/s1. The lowest BCUT2D eigenvalue weighted by atomic mass is 10.1. The number of nitrogens with one attached hydrogen (secondary N) is 1. The van der Waals surface area contributed by atoms with Gasteiger partial charge >= 0.3 is 0 Å². The largest absolute Gasteiger partial charge is 0.306 e. The van der Waals surface area contributed by atoms with Crippen molar-refractivity contribution in [1.29, 1.82) is 0 Å². The second-order valence-electron chi connectivity index (χ2n) is 6.69. The third kappa shape index (κ3) is 4.07. The maximum Gasteiger partial charge on any atom is 0.238 e. The van der Waals surface area contributed by atoms with Crippen LogP contribution in [0.5, 0.6) is 0 Å². The first-order chi connectivity index (χ1) is 10.4. The predicted molar refractivity (Wildman–Crippen MR) is 86.9 cm³/mol. The molecular weight excluding hydrogens is 298 g/mol. The van der Waals surface area contributed by atoms with Crippen LogP contribution in [0.2, 0.25) is 0 Å². The van der Waals surface area contributed by atoms with E-state index in [1.54, 1.807) is 12.1 Å². The molecule has 6 heteroatoms. The first-order valence-corrected chi connectivity index (χ1v) is 9.57. The highest BCUT2D eigenvalue weighted by Gasteiger charge is 2.29. The Bertz CT molecular complexity index is 611. The molecule has 122 valence electrons. The first-order valence-electron chi connectivity index (χ1n) is 8.03. The minimum atomic E-state index is -3.61. The SMILES string of the molecule is C[C@@H](N[C@@H]1CCN(CC2CC2)C1)c1ccc(S(N)(=O)=O)cc1. The Balaban J connectivity index is 1.54. The number of sulfonamides is 1. The van der Waals surface area contributed by atoms with Gasteiger partial charge in [0, 0.05) is 25.2 Å². The van der Waals surface area contributed by atoms with Crippen LogP contribution in [-0.4, -0.2) is 39.0 Å². The molecule has 3 rings (SSSR count). The Morgan fingerprint density at radius 1 is 1.27 bits per heavy atom. The number of nitrogens with two attached hydrogens (primary N) is 1. The molecule has 1 aromatic carbocycles. The molecule has 3 N–H and O–H groups in total. The van der Waals surface area contributed by atoms with Crippen molar-refractivity contribution in [2.24, 2.45) is 11.1 Å². The van der Waals surface area contributed by atoms with Crippen molar-refractivity contribution in [2.75, 3.05) is 19.6 Å². The third-order valence-electron chi connectivity index (χ3n) is 4.68. The van der Waals surface area contributed by atoms with Gasteiger partial charge in [0.15, 0.2) is 0 Å². The second-order valence-corrected chi connectivity index (χ2v) is 8.25. The Morgan fingerprint density at radius 3 is 2.55 bits per heavy atom. The monoisotopic (exact) mass is 323 g/mol. The summed E-state index contributed by atoms with van der Waals surface area (Å²) >= 11 is 0. The maximum absolute atomic E-state index is 11.3. The van der Waals surface area contributed by atoms with Crippen LogP contribution in [0.3, 0.4) is 0 Å². The van der Waals surface area contributed by atoms with Gasteiger partial charge in [0.2, 0.25) is 10.0 Å². The zero-order valence-corrected chi connectivity index (χ0v) is 13.8. The number of hydrogen-bond donors (Lipinski definition) is 2. The van der Waals surface area contributed by atoms with Crippen molar-refractivity contribution in [3.05, 3.63) is 29.8 Å². The maximum atomic E-state index is 11.3. The van der Waals surface area contributed by atoms with Gasteiger partial charge in [0.1, 0.15) is 0 Å². The fraction of sp³-hybridized carbons (Fsp3) is 0.625. The van der Waals surface area contributed by atoms with Crippen LogP contribution in [0.4, 0.5) is 0 Å². The minimum Gasteiger partial charge on any atom is -0.306 e.